The standard InChI is InChI=1S/C13H25N3/c1-11-7-5-6-8-16(11)12(2)9-13(3,10-14)15-4/h11-12,15H,5-9H2,1-4H3. The molecule has 16 heavy (non-hydrogen) atoms. The van der Waals surface area contributed by atoms with E-state index in [0.717, 1.165) is 6.42 Å². The Bertz CT molecular complexity index is 258. The van der Waals surface area contributed by atoms with Crippen LogP contribution in [-0.4, -0.2) is 36.1 Å². The van der Waals surface area contributed by atoms with Crippen LogP contribution in [0.25, 0.3) is 0 Å². The van der Waals surface area contributed by atoms with Gasteiger partial charge in [0.25, 0.3) is 0 Å². The van der Waals surface area contributed by atoms with Crippen LogP contribution in [0.3, 0.4) is 0 Å². The molecule has 0 aromatic rings. The average molecular weight is 223 g/mol. The Kier molecular flexibility index (Phi) is 4.76. The summed E-state index contributed by atoms with van der Waals surface area (Å²) in [6, 6.07) is 3.52. The lowest BCUT2D eigenvalue weighted by Gasteiger charge is -2.40. The van der Waals surface area contributed by atoms with Gasteiger partial charge < -0.3 is 5.32 Å². The smallest absolute Gasteiger partial charge is 0.105 e. The molecule has 1 saturated heterocycles. The Morgan fingerprint density at radius 3 is 2.75 bits per heavy atom. The summed E-state index contributed by atoms with van der Waals surface area (Å²) in [7, 11) is 1.87. The second kappa shape index (κ2) is 5.65. The van der Waals surface area contributed by atoms with E-state index in [0.29, 0.717) is 12.1 Å². The van der Waals surface area contributed by atoms with Gasteiger partial charge in [-0.15, -0.1) is 0 Å². The third-order valence-corrected chi connectivity index (χ3v) is 3.92. The van der Waals surface area contributed by atoms with E-state index in [4.69, 9.17) is 5.26 Å². The average Bonchev–Trinajstić information content (AvgIpc) is 2.29. The quantitative estimate of drug-likeness (QED) is 0.793. The first kappa shape index (κ1) is 13.5. The number of nitrogens with zero attached hydrogens (tertiary/aromatic N) is 2. The SMILES string of the molecule is CNC(C)(C#N)CC(C)N1CCCCC1C. The zero-order chi connectivity index (χ0) is 12.2. The molecule has 0 saturated carbocycles. The molecule has 3 nitrogen and oxygen atoms in total. The zero-order valence-electron chi connectivity index (χ0n) is 11.1. The van der Waals surface area contributed by atoms with Crippen molar-refractivity contribution in [2.45, 2.75) is 64.1 Å². The fourth-order valence-corrected chi connectivity index (χ4v) is 2.69. The highest BCUT2D eigenvalue weighted by molar-refractivity contribution is 5.05. The molecule has 1 aliphatic heterocycles. The van der Waals surface area contributed by atoms with Gasteiger partial charge in [0.1, 0.15) is 5.54 Å². The zero-order valence-corrected chi connectivity index (χ0v) is 11.1. The summed E-state index contributed by atoms with van der Waals surface area (Å²) in [5.41, 5.74) is -0.392. The van der Waals surface area contributed by atoms with Crippen LogP contribution in [0, 0.1) is 11.3 Å². The highest BCUT2D eigenvalue weighted by Crippen LogP contribution is 2.23. The van der Waals surface area contributed by atoms with Gasteiger partial charge in [-0.25, -0.2) is 0 Å². The minimum absolute atomic E-state index is 0.392. The van der Waals surface area contributed by atoms with Crippen molar-refractivity contribution in [3.8, 4) is 6.07 Å². The van der Waals surface area contributed by atoms with Gasteiger partial charge in [0.2, 0.25) is 0 Å². The molecule has 1 aliphatic rings. The lowest BCUT2D eigenvalue weighted by atomic mass is 9.92. The Labute approximate surface area is 99.8 Å². The maximum atomic E-state index is 9.17. The van der Waals surface area contributed by atoms with Gasteiger partial charge in [0, 0.05) is 12.1 Å². The predicted molar refractivity (Wildman–Crippen MR) is 67.2 cm³/mol. The van der Waals surface area contributed by atoms with Crippen LogP contribution in [-0.2, 0) is 0 Å². The summed E-state index contributed by atoms with van der Waals surface area (Å²) in [6.07, 6.45) is 4.85. The second-order valence-electron chi connectivity index (χ2n) is 5.33. The Balaban J connectivity index is 2.57. The number of rotatable bonds is 4. The normalized spacial score (nSPS) is 28.1. The minimum atomic E-state index is -0.392. The molecule has 3 heteroatoms. The molecule has 92 valence electrons. The molecule has 0 spiro atoms. The van der Waals surface area contributed by atoms with Gasteiger partial charge in [0.15, 0.2) is 0 Å². The lowest BCUT2D eigenvalue weighted by molar-refractivity contribution is 0.0982. The van der Waals surface area contributed by atoms with Gasteiger partial charge in [0.05, 0.1) is 6.07 Å². The summed E-state index contributed by atoms with van der Waals surface area (Å²) in [6.45, 7) is 7.72. The van der Waals surface area contributed by atoms with E-state index < -0.39 is 5.54 Å². The lowest BCUT2D eigenvalue weighted by Crippen LogP contribution is -2.49. The van der Waals surface area contributed by atoms with Gasteiger partial charge >= 0.3 is 0 Å². The van der Waals surface area contributed by atoms with E-state index in [-0.39, 0.29) is 0 Å². The number of hydrogen-bond acceptors (Lipinski definition) is 3. The van der Waals surface area contributed by atoms with Crippen LogP contribution in [0.2, 0.25) is 0 Å². The third-order valence-electron chi connectivity index (χ3n) is 3.92. The molecular weight excluding hydrogens is 198 g/mol. The topological polar surface area (TPSA) is 39.1 Å². The van der Waals surface area contributed by atoms with Crippen LogP contribution in [0.15, 0.2) is 0 Å². The van der Waals surface area contributed by atoms with Crippen molar-refractivity contribution in [1.29, 1.82) is 5.26 Å². The monoisotopic (exact) mass is 223 g/mol. The van der Waals surface area contributed by atoms with Gasteiger partial charge in [-0.05, 0) is 53.6 Å². The van der Waals surface area contributed by atoms with Crippen molar-refractivity contribution in [2.24, 2.45) is 0 Å². The molecule has 0 aliphatic carbocycles. The molecule has 1 N–H and O–H groups in total. The van der Waals surface area contributed by atoms with Crippen molar-refractivity contribution in [3.05, 3.63) is 0 Å². The van der Waals surface area contributed by atoms with Crippen LogP contribution in [0.5, 0.6) is 0 Å². The first-order valence-electron chi connectivity index (χ1n) is 6.38. The molecule has 0 bridgehead atoms. The molecule has 1 fully saturated rings. The molecule has 0 aromatic carbocycles. The Morgan fingerprint density at radius 1 is 1.56 bits per heavy atom. The first-order valence-corrected chi connectivity index (χ1v) is 6.38. The highest BCUT2D eigenvalue weighted by Gasteiger charge is 2.30. The minimum Gasteiger partial charge on any atom is -0.303 e. The van der Waals surface area contributed by atoms with Crippen molar-refractivity contribution < 1.29 is 0 Å². The molecular formula is C13H25N3. The van der Waals surface area contributed by atoms with Crippen LogP contribution >= 0.6 is 0 Å². The fourth-order valence-electron chi connectivity index (χ4n) is 2.69. The van der Waals surface area contributed by atoms with Crippen LogP contribution < -0.4 is 5.32 Å². The van der Waals surface area contributed by atoms with Crippen molar-refractivity contribution in [2.75, 3.05) is 13.6 Å². The number of hydrogen-bond donors (Lipinski definition) is 1. The maximum absolute atomic E-state index is 9.17. The van der Waals surface area contributed by atoms with E-state index in [1.54, 1.807) is 0 Å². The molecule has 0 aromatic heterocycles. The van der Waals surface area contributed by atoms with Crippen molar-refractivity contribution in [1.82, 2.24) is 10.2 Å². The molecule has 1 heterocycles. The summed E-state index contributed by atoms with van der Waals surface area (Å²) in [4.78, 5) is 2.55. The molecule has 3 unspecified atom stereocenters. The van der Waals surface area contributed by atoms with Crippen LogP contribution in [0.1, 0.15) is 46.5 Å². The summed E-state index contributed by atoms with van der Waals surface area (Å²) in [5.74, 6) is 0. The van der Waals surface area contributed by atoms with E-state index >= 15 is 0 Å². The molecule has 3 atom stereocenters. The van der Waals surface area contributed by atoms with Crippen molar-refractivity contribution >= 4 is 0 Å². The third kappa shape index (κ3) is 3.20. The maximum Gasteiger partial charge on any atom is 0.105 e. The van der Waals surface area contributed by atoms with Crippen LogP contribution in [0.4, 0.5) is 0 Å². The first-order chi connectivity index (χ1) is 7.52. The Hall–Kier alpha value is -0.590. The second-order valence-corrected chi connectivity index (χ2v) is 5.33. The van der Waals surface area contributed by atoms with E-state index in [1.807, 2.05) is 14.0 Å². The van der Waals surface area contributed by atoms with E-state index in [9.17, 15) is 0 Å². The summed E-state index contributed by atoms with van der Waals surface area (Å²) >= 11 is 0. The molecule has 0 radical (unpaired) electrons. The van der Waals surface area contributed by atoms with E-state index in [1.165, 1.54) is 25.8 Å². The number of nitriles is 1. The highest BCUT2D eigenvalue weighted by atomic mass is 15.2. The number of likely N-dealkylation sites (tertiary alicyclic amines) is 1. The number of piperidine rings is 1. The fraction of sp³-hybridized carbons (Fsp3) is 0.923. The van der Waals surface area contributed by atoms with Crippen molar-refractivity contribution in [3.63, 3.8) is 0 Å². The van der Waals surface area contributed by atoms with E-state index in [2.05, 4.69) is 30.1 Å². The Morgan fingerprint density at radius 2 is 2.25 bits per heavy atom. The van der Waals surface area contributed by atoms with Gasteiger partial charge in [-0.1, -0.05) is 6.42 Å². The largest absolute Gasteiger partial charge is 0.303 e. The summed E-state index contributed by atoms with van der Waals surface area (Å²) < 4.78 is 0. The molecule has 1 rings (SSSR count). The number of nitrogens with one attached hydrogen (secondary N) is 1. The molecule has 0 amide bonds. The van der Waals surface area contributed by atoms with Gasteiger partial charge in [-0.2, -0.15) is 5.26 Å². The predicted octanol–water partition coefficient (Wildman–Crippen LogP) is 2.14. The summed E-state index contributed by atoms with van der Waals surface area (Å²) in [5, 5.41) is 12.3. The van der Waals surface area contributed by atoms with Gasteiger partial charge in [-0.3, -0.25) is 4.90 Å².